The summed E-state index contributed by atoms with van der Waals surface area (Å²) in [6, 6.07) is 2.12. The third-order valence-corrected chi connectivity index (χ3v) is 4.86. The molecular formula is C14H17ClN4O2. The van der Waals surface area contributed by atoms with Crippen LogP contribution in [0.2, 0.25) is 5.15 Å². The van der Waals surface area contributed by atoms with Crippen molar-refractivity contribution in [2.45, 2.75) is 31.7 Å². The summed E-state index contributed by atoms with van der Waals surface area (Å²) in [7, 11) is 3.18. The van der Waals surface area contributed by atoms with E-state index < -0.39 is 0 Å². The highest BCUT2D eigenvalue weighted by molar-refractivity contribution is 6.30. The van der Waals surface area contributed by atoms with Gasteiger partial charge in [-0.2, -0.15) is 10.2 Å². The number of nitriles is 1. The van der Waals surface area contributed by atoms with E-state index in [9.17, 15) is 4.79 Å². The molecule has 2 heterocycles. The van der Waals surface area contributed by atoms with Crippen molar-refractivity contribution in [1.29, 1.82) is 5.26 Å². The topological polar surface area (TPSA) is 71.2 Å². The Kier molecular flexibility index (Phi) is 3.33. The number of hydrogen-bond donors (Lipinski definition) is 0. The van der Waals surface area contributed by atoms with Crippen molar-refractivity contribution in [2.75, 3.05) is 18.6 Å². The van der Waals surface area contributed by atoms with Gasteiger partial charge in [0.2, 0.25) is 5.95 Å². The lowest BCUT2D eigenvalue weighted by atomic mass is 10.0. The molecule has 1 atom stereocenters. The molecule has 3 rings (SSSR count). The average Bonchev–Trinajstić information content (AvgIpc) is 3.02. The zero-order chi connectivity index (χ0) is 15.2. The fourth-order valence-electron chi connectivity index (χ4n) is 3.23. The van der Waals surface area contributed by atoms with E-state index in [1.807, 2.05) is 0 Å². The van der Waals surface area contributed by atoms with E-state index in [-0.39, 0.29) is 17.2 Å². The maximum Gasteiger partial charge on any atom is 0.307 e. The van der Waals surface area contributed by atoms with Crippen molar-refractivity contribution in [3.8, 4) is 6.07 Å². The van der Waals surface area contributed by atoms with Crippen LogP contribution in [-0.2, 0) is 16.6 Å². The molecule has 1 aliphatic heterocycles. The molecular weight excluding hydrogens is 292 g/mol. The number of imidazole rings is 1. The zero-order valence-electron chi connectivity index (χ0n) is 12.1. The molecule has 1 aliphatic carbocycles. The van der Waals surface area contributed by atoms with E-state index in [1.54, 1.807) is 11.6 Å². The zero-order valence-corrected chi connectivity index (χ0v) is 12.9. The number of carbonyl (C=O) groups is 1. The van der Waals surface area contributed by atoms with Gasteiger partial charge in [-0.1, -0.05) is 11.6 Å². The van der Waals surface area contributed by atoms with E-state index in [2.05, 4.69) is 16.0 Å². The Balaban J connectivity index is 1.91. The monoisotopic (exact) mass is 308 g/mol. The predicted molar refractivity (Wildman–Crippen MR) is 77.0 cm³/mol. The van der Waals surface area contributed by atoms with Crippen LogP contribution in [0.25, 0.3) is 0 Å². The molecule has 1 aromatic heterocycles. The molecule has 0 N–H and O–H groups in total. The lowest BCUT2D eigenvalue weighted by Gasteiger charge is -2.24. The number of ether oxygens (including phenoxy) is 1. The lowest BCUT2D eigenvalue weighted by Crippen LogP contribution is -2.33. The van der Waals surface area contributed by atoms with Crippen molar-refractivity contribution in [1.82, 2.24) is 9.55 Å². The molecule has 0 radical (unpaired) electrons. The summed E-state index contributed by atoms with van der Waals surface area (Å²) in [5.41, 5.74) is 0.657. The van der Waals surface area contributed by atoms with E-state index in [1.165, 1.54) is 20.0 Å². The van der Waals surface area contributed by atoms with Gasteiger partial charge in [-0.3, -0.25) is 4.79 Å². The maximum atomic E-state index is 11.6. The maximum absolute atomic E-state index is 11.6. The van der Waals surface area contributed by atoms with Crippen molar-refractivity contribution in [2.24, 2.45) is 12.5 Å². The minimum absolute atomic E-state index is 0.0589. The fraction of sp³-hybridized carbons (Fsp3) is 0.643. The van der Waals surface area contributed by atoms with Crippen LogP contribution < -0.4 is 4.90 Å². The van der Waals surface area contributed by atoms with Gasteiger partial charge >= 0.3 is 5.97 Å². The minimum atomic E-state index is -0.219. The SMILES string of the molecule is COC(=O)C[C@@H]1CC2(CC2)CN1c1nc(Cl)c(C#N)n1C. The predicted octanol–water partition coefficient (Wildman–Crippen LogP) is 1.87. The largest absolute Gasteiger partial charge is 0.469 e. The quantitative estimate of drug-likeness (QED) is 0.797. The lowest BCUT2D eigenvalue weighted by molar-refractivity contribution is -0.141. The number of methoxy groups -OCH3 is 1. The van der Waals surface area contributed by atoms with Gasteiger partial charge in [0, 0.05) is 19.6 Å². The van der Waals surface area contributed by atoms with Gasteiger partial charge in [0.1, 0.15) is 6.07 Å². The summed E-state index contributed by atoms with van der Waals surface area (Å²) >= 11 is 6.02. The first kappa shape index (κ1) is 14.2. The first-order chi connectivity index (χ1) is 9.99. The molecule has 6 nitrogen and oxygen atoms in total. The van der Waals surface area contributed by atoms with Gasteiger partial charge in [-0.05, 0) is 24.7 Å². The Labute approximate surface area is 128 Å². The second kappa shape index (κ2) is 4.92. The highest BCUT2D eigenvalue weighted by atomic mass is 35.5. The summed E-state index contributed by atoms with van der Waals surface area (Å²) < 4.78 is 6.50. The Morgan fingerprint density at radius 1 is 1.62 bits per heavy atom. The van der Waals surface area contributed by atoms with Crippen LogP contribution in [0.1, 0.15) is 31.4 Å². The molecule has 0 aromatic carbocycles. The molecule has 21 heavy (non-hydrogen) atoms. The number of anilines is 1. The van der Waals surface area contributed by atoms with Crippen LogP contribution in [0.5, 0.6) is 0 Å². The summed E-state index contributed by atoms with van der Waals surface area (Å²) in [5, 5.41) is 9.34. The normalized spacial score (nSPS) is 22.4. The summed E-state index contributed by atoms with van der Waals surface area (Å²) in [6.07, 6.45) is 3.67. The fourth-order valence-corrected chi connectivity index (χ4v) is 3.47. The summed E-state index contributed by atoms with van der Waals surface area (Å²) in [4.78, 5) is 18.1. The van der Waals surface area contributed by atoms with Crippen LogP contribution in [0.3, 0.4) is 0 Å². The molecule has 2 aliphatic rings. The molecule has 1 saturated carbocycles. The molecule has 1 spiro atoms. The summed E-state index contributed by atoms with van der Waals surface area (Å²) in [6.45, 7) is 0.862. The number of hydrogen-bond acceptors (Lipinski definition) is 5. The molecule has 2 fully saturated rings. The number of aromatic nitrogens is 2. The third kappa shape index (κ3) is 2.36. The van der Waals surface area contributed by atoms with Crippen LogP contribution in [0, 0.1) is 16.7 Å². The molecule has 7 heteroatoms. The molecule has 0 amide bonds. The molecule has 1 aromatic rings. The van der Waals surface area contributed by atoms with E-state index in [0.717, 1.165) is 13.0 Å². The van der Waals surface area contributed by atoms with Crippen LogP contribution in [0.4, 0.5) is 5.95 Å². The van der Waals surface area contributed by atoms with Gasteiger partial charge in [-0.15, -0.1) is 0 Å². The number of halogens is 1. The van der Waals surface area contributed by atoms with Crippen molar-refractivity contribution < 1.29 is 9.53 Å². The van der Waals surface area contributed by atoms with Crippen LogP contribution in [-0.4, -0.2) is 35.2 Å². The minimum Gasteiger partial charge on any atom is -0.469 e. The smallest absolute Gasteiger partial charge is 0.307 e. The number of nitrogens with zero attached hydrogens (tertiary/aromatic N) is 4. The molecule has 0 bridgehead atoms. The second-order valence-corrected chi connectivity index (χ2v) is 6.35. The van der Waals surface area contributed by atoms with Crippen molar-refractivity contribution >= 4 is 23.5 Å². The van der Waals surface area contributed by atoms with Crippen molar-refractivity contribution in [3.05, 3.63) is 10.8 Å². The van der Waals surface area contributed by atoms with Crippen LogP contribution in [0.15, 0.2) is 0 Å². The number of esters is 1. The average molecular weight is 309 g/mol. The van der Waals surface area contributed by atoms with Gasteiger partial charge in [0.05, 0.1) is 13.5 Å². The first-order valence-electron chi connectivity index (χ1n) is 6.95. The first-order valence-corrected chi connectivity index (χ1v) is 7.33. The molecule has 1 saturated heterocycles. The van der Waals surface area contributed by atoms with Gasteiger partial charge < -0.3 is 14.2 Å². The van der Waals surface area contributed by atoms with Gasteiger partial charge in [0.15, 0.2) is 10.8 Å². The highest BCUT2D eigenvalue weighted by Crippen LogP contribution is 2.56. The van der Waals surface area contributed by atoms with Gasteiger partial charge in [0.25, 0.3) is 0 Å². The Hall–Kier alpha value is -1.74. The second-order valence-electron chi connectivity index (χ2n) is 5.99. The number of carbonyl (C=O) groups excluding carboxylic acids is 1. The number of rotatable bonds is 3. The Bertz CT molecular complexity index is 630. The van der Waals surface area contributed by atoms with E-state index >= 15 is 0 Å². The molecule has 0 unspecified atom stereocenters. The molecule has 112 valence electrons. The standard InChI is InChI=1S/C14H17ClN4O2/c1-18-10(7-16)12(15)17-13(18)19-8-14(3-4-14)6-9(19)5-11(20)21-2/h9H,3-6,8H2,1-2H3/t9-/m1/s1. The summed E-state index contributed by atoms with van der Waals surface area (Å²) in [5.74, 6) is 0.442. The highest BCUT2D eigenvalue weighted by Gasteiger charge is 2.53. The van der Waals surface area contributed by atoms with E-state index in [4.69, 9.17) is 21.6 Å². The Morgan fingerprint density at radius 3 is 2.86 bits per heavy atom. The van der Waals surface area contributed by atoms with Gasteiger partial charge in [-0.25, -0.2) is 0 Å². The van der Waals surface area contributed by atoms with Crippen LogP contribution >= 0.6 is 11.6 Å². The van der Waals surface area contributed by atoms with Crippen molar-refractivity contribution in [3.63, 3.8) is 0 Å². The Morgan fingerprint density at radius 2 is 2.33 bits per heavy atom. The van der Waals surface area contributed by atoms with E-state index in [0.29, 0.717) is 23.5 Å². The third-order valence-electron chi connectivity index (χ3n) is 4.59.